The summed E-state index contributed by atoms with van der Waals surface area (Å²) < 4.78 is 14.6. The summed E-state index contributed by atoms with van der Waals surface area (Å²) in [6.07, 6.45) is -0.993. The van der Waals surface area contributed by atoms with Gasteiger partial charge in [-0.1, -0.05) is 48.5 Å². The van der Waals surface area contributed by atoms with E-state index in [1.54, 1.807) is 18.2 Å². The van der Waals surface area contributed by atoms with Crippen LogP contribution >= 0.6 is 15.9 Å². The molecule has 1 unspecified atom stereocenters. The fourth-order valence-electron chi connectivity index (χ4n) is 2.61. The summed E-state index contributed by atoms with van der Waals surface area (Å²) in [4.78, 5) is 0. The van der Waals surface area contributed by atoms with Gasteiger partial charge in [0.2, 0.25) is 0 Å². The van der Waals surface area contributed by atoms with Gasteiger partial charge in [0.25, 0.3) is 0 Å². The van der Waals surface area contributed by atoms with Gasteiger partial charge in [0.1, 0.15) is 11.9 Å². The average Bonchev–Trinajstić information content (AvgIpc) is 2.50. The van der Waals surface area contributed by atoms with E-state index in [1.807, 2.05) is 43.3 Å². The molecule has 3 rings (SSSR count). The number of hydrogen-bond donors (Lipinski definition) is 1. The lowest BCUT2D eigenvalue weighted by Crippen LogP contribution is -2.04. The molecule has 0 radical (unpaired) electrons. The van der Waals surface area contributed by atoms with E-state index in [-0.39, 0.29) is 5.56 Å². The maximum atomic E-state index is 14.2. The monoisotopic (exact) mass is 344 g/mol. The summed E-state index contributed by atoms with van der Waals surface area (Å²) in [5.41, 5.74) is 2.13. The number of halogens is 2. The third-order valence-corrected chi connectivity index (χ3v) is 4.36. The van der Waals surface area contributed by atoms with E-state index >= 15 is 0 Å². The van der Waals surface area contributed by atoms with Crippen molar-refractivity contribution in [1.29, 1.82) is 0 Å². The minimum absolute atomic E-state index is 0.276. The van der Waals surface area contributed by atoms with Crippen LogP contribution in [0, 0.1) is 12.7 Å². The van der Waals surface area contributed by atoms with Crippen molar-refractivity contribution in [1.82, 2.24) is 0 Å². The summed E-state index contributed by atoms with van der Waals surface area (Å²) >= 11 is 3.16. The number of aryl methyl sites for hydroxylation is 1. The van der Waals surface area contributed by atoms with Crippen molar-refractivity contribution < 1.29 is 9.50 Å². The van der Waals surface area contributed by atoms with Crippen molar-refractivity contribution in [3.63, 3.8) is 0 Å². The lowest BCUT2D eigenvalue weighted by molar-refractivity contribution is 0.216. The van der Waals surface area contributed by atoms with E-state index in [2.05, 4.69) is 15.9 Å². The second-order valence-corrected chi connectivity index (χ2v) is 5.92. The Morgan fingerprint density at radius 3 is 2.38 bits per heavy atom. The van der Waals surface area contributed by atoms with Gasteiger partial charge in [0.15, 0.2) is 0 Å². The molecule has 0 saturated carbocycles. The van der Waals surface area contributed by atoms with Crippen molar-refractivity contribution in [3.8, 4) is 0 Å². The van der Waals surface area contributed by atoms with Crippen LogP contribution in [0.2, 0.25) is 0 Å². The Bertz CT molecular complexity index is 813. The van der Waals surface area contributed by atoms with Gasteiger partial charge >= 0.3 is 0 Å². The van der Waals surface area contributed by atoms with Crippen LogP contribution in [0.1, 0.15) is 22.8 Å². The SMILES string of the molecule is Cc1ccc(C(O)c2cccc(Br)c2F)c2ccccc12. The highest BCUT2D eigenvalue weighted by atomic mass is 79.9. The highest BCUT2D eigenvalue weighted by molar-refractivity contribution is 9.10. The second kappa shape index (κ2) is 5.58. The van der Waals surface area contributed by atoms with Crippen molar-refractivity contribution in [2.24, 2.45) is 0 Å². The molecule has 0 aliphatic heterocycles. The fraction of sp³-hybridized carbons (Fsp3) is 0.111. The number of rotatable bonds is 2. The summed E-state index contributed by atoms with van der Waals surface area (Å²) in [5.74, 6) is -0.422. The average molecular weight is 345 g/mol. The van der Waals surface area contributed by atoms with E-state index in [4.69, 9.17) is 0 Å². The first-order valence-corrected chi connectivity index (χ1v) is 7.49. The number of aliphatic hydroxyl groups is 1. The van der Waals surface area contributed by atoms with Crippen LogP contribution in [0.3, 0.4) is 0 Å². The van der Waals surface area contributed by atoms with E-state index in [1.165, 1.54) is 0 Å². The molecule has 21 heavy (non-hydrogen) atoms. The molecule has 3 aromatic carbocycles. The molecular formula is C18H14BrFO. The third-order valence-electron chi connectivity index (χ3n) is 3.75. The molecule has 1 nitrogen and oxygen atoms in total. The van der Waals surface area contributed by atoms with E-state index in [0.717, 1.165) is 16.3 Å². The molecule has 1 N–H and O–H groups in total. The summed E-state index contributed by atoms with van der Waals surface area (Å²) in [6.45, 7) is 2.03. The van der Waals surface area contributed by atoms with Crippen LogP contribution in [-0.2, 0) is 0 Å². The zero-order valence-electron chi connectivity index (χ0n) is 11.5. The van der Waals surface area contributed by atoms with E-state index in [9.17, 15) is 9.50 Å². The number of aliphatic hydroxyl groups excluding tert-OH is 1. The van der Waals surface area contributed by atoms with Crippen molar-refractivity contribution in [2.45, 2.75) is 13.0 Å². The predicted octanol–water partition coefficient (Wildman–Crippen LogP) is 5.13. The highest BCUT2D eigenvalue weighted by Gasteiger charge is 2.19. The highest BCUT2D eigenvalue weighted by Crippen LogP contribution is 2.33. The molecule has 3 aromatic rings. The molecule has 0 bridgehead atoms. The smallest absolute Gasteiger partial charge is 0.143 e. The van der Waals surface area contributed by atoms with Gasteiger partial charge in [0, 0.05) is 5.56 Å². The quantitative estimate of drug-likeness (QED) is 0.683. The Labute approximate surface area is 131 Å². The van der Waals surface area contributed by atoms with Gasteiger partial charge in [-0.3, -0.25) is 0 Å². The number of hydrogen-bond acceptors (Lipinski definition) is 1. The predicted molar refractivity (Wildman–Crippen MR) is 86.8 cm³/mol. The van der Waals surface area contributed by atoms with Gasteiger partial charge < -0.3 is 5.11 Å². The van der Waals surface area contributed by atoms with Crippen LogP contribution in [-0.4, -0.2) is 5.11 Å². The summed E-state index contributed by atoms with van der Waals surface area (Å²) in [5, 5.41) is 12.6. The molecule has 0 aliphatic carbocycles. The molecule has 3 heteroatoms. The molecule has 1 atom stereocenters. The third kappa shape index (κ3) is 2.47. The molecule has 0 saturated heterocycles. The van der Waals surface area contributed by atoms with Crippen LogP contribution in [0.15, 0.2) is 59.1 Å². The molecule has 0 spiro atoms. The van der Waals surface area contributed by atoms with Gasteiger partial charge in [-0.05, 0) is 50.8 Å². The Balaban J connectivity index is 2.21. The van der Waals surface area contributed by atoms with Gasteiger partial charge in [-0.2, -0.15) is 0 Å². The largest absolute Gasteiger partial charge is 0.384 e. The summed E-state index contributed by atoms with van der Waals surface area (Å²) in [7, 11) is 0. The molecule has 0 heterocycles. The standard InChI is InChI=1S/C18H14BrFO/c1-11-9-10-14(13-6-3-2-5-12(11)13)18(21)15-7-4-8-16(19)17(15)20/h2-10,18,21H,1H3. The normalized spacial score (nSPS) is 12.6. The second-order valence-electron chi connectivity index (χ2n) is 5.06. The molecule has 106 valence electrons. The molecule has 0 aliphatic rings. The van der Waals surface area contributed by atoms with Crippen LogP contribution in [0.25, 0.3) is 10.8 Å². The maximum absolute atomic E-state index is 14.2. The maximum Gasteiger partial charge on any atom is 0.143 e. The van der Waals surface area contributed by atoms with Crippen molar-refractivity contribution in [3.05, 3.63) is 81.6 Å². The van der Waals surface area contributed by atoms with Crippen molar-refractivity contribution in [2.75, 3.05) is 0 Å². The zero-order chi connectivity index (χ0) is 15.0. The molecule has 0 aromatic heterocycles. The Kier molecular flexibility index (Phi) is 3.79. The molecule has 0 amide bonds. The van der Waals surface area contributed by atoms with Crippen LogP contribution in [0.4, 0.5) is 4.39 Å². The first-order chi connectivity index (χ1) is 10.1. The van der Waals surface area contributed by atoms with Crippen molar-refractivity contribution >= 4 is 26.7 Å². The van der Waals surface area contributed by atoms with Gasteiger partial charge in [-0.25, -0.2) is 4.39 Å². The van der Waals surface area contributed by atoms with E-state index in [0.29, 0.717) is 10.0 Å². The summed E-state index contributed by atoms with van der Waals surface area (Å²) in [6, 6.07) is 16.6. The lowest BCUT2D eigenvalue weighted by atomic mass is 9.93. The van der Waals surface area contributed by atoms with Crippen LogP contribution < -0.4 is 0 Å². The van der Waals surface area contributed by atoms with Gasteiger partial charge in [0.05, 0.1) is 4.47 Å². The number of fused-ring (bicyclic) bond motifs is 1. The molecular weight excluding hydrogens is 331 g/mol. The van der Waals surface area contributed by atoms with E-state index < -0.39 is 11.9 Å². The Morgan fingerprint density at radius 2 is 1.62 bits per heavy atom. The Hall–Kier alpha value is -1.71. The topological polar surface area (TPSA) is 20.2 Å². The first-order valence-electron chi connectivity index (χ1n) is 6.70. The minimum atomic E-state index is -0.993. The van der Waals surface area contributed by atoms with Crippen LogP contribution in [0.5, 0.6) is 0 Å². The fourth-order valence-corrected chi connectivity index (χ4v) is 2.99. The number of benzene rings is 3. The first kappa shape index (κ1) is 14.2. The minimum Gasteiger partial charge on any atom is -0.384 e. The zero-order valence-corrected chi connectivity index (χ0v) is 13.1. The van der Waals surface area contributed by atoms with Gasteiger partial charge in [-0.15, -0.1) is 0 Å². The molecule has 0 fully saturated rings. The Morgan fingerprint density at radius 1 is 0.905 bits per heavy atom. The lowest BCUT2D eigenvalue weighted by Gasteiger charge is -2.16.